The lowest BCUT2D eigenvalue weighted by Crippen LogP contribution is -2.25. The van der Waals surface area contributed by atoms with E-state index in [0.29, 0.717) is 18.9 Å². The van der Waals surface area contributed by atoms with Crippen LogP contribution in [0.2, 0.25) is 0 Å². The van der Waals surface area contributed by atoms with Gasteiger partial charge in [-0.25, -0.2) is 4.79 Å². The summed E-state index contributed by atoms with van der Waals surface area (Å²) in [5.41, 5.74) is 0.165. The van der Waals surface area contributed by atoms with Gasteiger partial charge in [0.1, 0.15) is 5.69 Å². The van der Waals surface area contributed by atoms with Crippen molar-refractivity contribution in [1.82, 2.24) is 9.97 Å². The Hall–Kier alpha value is -2.55. The summed E-state index contributed by atoms with van der Waals surface area (Å²) in [4.78, 5) is 18.1. The molecule has 0 bridgehead atoms. The highest BCUT2D eigenvalue weighted by atomic mass is 19.4. The van der Waals surface area contributed by atoms with E-state index in [1.54, 1.807) is 0 Å². The summed E-state index contributed by atoms with van der Waals surface area (Å²) in [5, 5.41) is 9.29. The predicted octanol–water partition coefficient (Wildman–Crippen LogP) is 2.79. The zero-order valence-electron chi connectivity index (χ0n) is 11.6. The van der Waals surface area contributed by atoms with Crippen molar-refractivity contribution in [2.45, 2.75) is 12.3 Å². The monoisotopic (exact) mass is 328 g/mol. The number of carboxylic acids is 1. The van der Waals surface area contributed by atoms with E-state index in [1.165, 1.54) is 18.3 Å². The van der Waals surface area contributed by atoms with E-state index in [-0.39, 0.29) is 22.9 Å². The standard InChI is InChI=1S/C14H11F3N2O4/c15-14(16,17)23-10-2-1-3-18-12(10)11-8(13(20)21)4-9(19-11)7-5-22-6-7/h1-4,7,19H,5-6H2,(H,20,21). The van der Waals surface area contributed by atoms with Crippen molar-refractivity contribution in [1.29, 1.82) is 0 Å². The molecule has 2 aromatic heterocycles. The number of nitrogens with zero attached hydrogens (tertiary/aromatic N) is 1. The molecular weight excluding hydrogens is 317 g/mol. The molecule has 0 aliphatic carbocycles. The van der Waals surface area contributed by atoms with Crippen LogP contribution >= 0.6 is 0 Å². The summed E-state index contributed by atoms with van der Waals surface area (Å²) < 4.78 is 46.5. The topological polar surface area (TPSA) is 84.4 Å². The Bertz CT molecular complexity index is 738. The number of ether oxygens (including phenoxy) is 2. The van der Waals surface area contributed by atoms with Crippen molar-refractivity contribution in [3.63, 3.8) is 0 Å². The van der Waals surface area contributed by atoms with Crippen LogP contribution in [0.4, 0.5) is 13.2 Å². The first-order valence-corrected chi connectivity index (χ1v) is 6.60. The summed E-state index contributed by atoms with van der Waals surface area (Å²) in [7, 11) is 0. The van der Waals surface area contributed by atoms with Crippen molar-refractivity contribution >= 4 is 5.97 Å². The minimum atomic E-state index is -4.90. The Kier molecular flexibility index (Phi) is 3.72. The van der Waals surface area contributed by atoms with Gasteiger partial charge in [-0.1, -0.05) is 0 Å². The molecule has 6 nitrogen and oxygen atoms in total. The van der Waals surface area contributed by atoms with E-state index in [1.807, 2.05) is 0 Å². The highest BCUT2D eigenvalue weighted by Crippen LogP contribution is 2.35. The van der Waals surface area contributed by atoms with Gasteiger partial charge in [-0.15, -0.1) is 13.2 Å². The van der Waals surface area contributed by atoms with Crippen molar-refractivity contribution in [2.24, 2.45) is 0 Å². The molecule has 122 valence electrons. The molecule has 1 aliphatic heterocycles. The van der Waals surface area contributed by atoms with Gasteiger partial charge in [0.25, 0.3) is 0 Å². The van der Waals surface area contributed by atoms with E-state index in [2.05, 4.69) is 14.7 Å². The molecule has 0 unspecified atom stereocenters. The second kappa shape index (κ2) is 5.58. The normalized spacial score (nSPS) is 15.3. The summed E-state index contributed by atoms with van der Waals surface area (Å²) >= 11 is 0. The number of aromatic nitrogens is 2. The van der Waals surface area contributed by atoms with Gasteiger partial charge >= 0.3 is 12.3 Å². The molecule has 2 N–H and O–H groups in total. The van der Waals surface area contributed by atoms with Crippen LogP contribution in [0.3, 0.4) is 0 Å². The number of carbonyl (C=O) groups is 1. The van der Waals surface area contributed by atoms with E-state index in [0.717, 1.165) is 6.07 Å². The maximum atomic E-state index is 12.5. The number of alkyl halides is 3. The third-order valence-electron chi connectivity index (χ3n) is 3.38. The molecule has 23 heavy (non-hydrogen) atoms. The lowest BCUT2D eigenvalue weighted by atomic mass is 10.0. The number of aromatic amines is 1. The van der Waals surface area contributed by atoms with Crippen LogP contribution in [0.25, 0.3) is 11.4 Å². The van der Waals surface area contributed by atoms with Gasteiger partial charge in [-0.3, -0.25) is 4.98 Å². The molecule has 0 atom stereocenters. The second-order valence-electron chi connectivity index (χ2n) is 4.95. The highest BCUT2D eigenvalue weighted by molar-refractivity contribution is 5.95. The van der Waals surface area contributed by atoms with E-state index in [9.17, 15) is 23.1 Å². The van der Waals surface area contributed by atoms with Crippen LogP contribution in [0.15, 0.2) is 24.4 Å². The van der Waals surface area contributed by atoms with Gasteiger partial charge in [0.2, 0.25) is 0 Å². The number of halogens is 3. The van der Waals surface area contributed by atoms with Gasteiger partial charge in [-0.05, 0) is 18.2 Å². The zero-order chi connectivity index (χ0) is 16.6. The fourth-order valence-corrected chi connectivity index (χ4v) is 2.25. The lowest BCUT2D eigenvalue weighted by Gasteiger charge is -2.24. The molecule has 9 heteroatoms. The summed E-state index contributed by atoms with van der Waals surface area (Å²) in [6.45, 7) is 0.847. The van der Waals surface area contributed by atoms with Crippen LogP contribution in [-0.2, 0) is 4.74 Å². The van der Waals surface area contributed by atoms with E-state index >= 15 is 0 Å². The Morgan fingerprint density at radius 1 is 1.43 bits per heavy atom. The van der Waals surface area contributed by atoms with Crippen LogP contribution in [0.1, 0.15) is 22.0 Å². The molecule has 1 aliphatic rings. The SMILES string of the molecule is O=C(O)c1cc(C2COC2)[nH]c1-c1ncccc1OC(F)(F)F. The smallest absolute Gasteiger partial charge is 0.478 e. The Morgan fingerprint density at radius 3 is 2.74 bits per heavy atom. The van der Waals surface area contributed by atoms with Gasteiger partial charge < -0.3 is 19.6 Å². The number of aromatic carboxylic acids is 1. The van der Waals surface area contributed by atoms with Gasteiger partial charge in [0.05, 0.1) is 24.5 Å². The molecule has 0 spiro atoms. The van der Waals surface area contributed by atoms with Crippen LogP contribution in [-0.4, -0.2) is 40.6 Å². The third kappa shape index (κ3) is 3.14. The van der Waals surface area contributed by atoms with Gasteiger partial charge in [0, 0.05) is 17.8 Å². The first-order chi connectivity index (χ1) is 10.8. The maximum Gasteiger partial charge on any atom is 0.573 e. The minimum Gasteiger partial charge on any atom is -0.478 e. The largest absolute Gasteiger partial charge is 0.573 e. The van der Waals surface area contributed by atoms with Gasteiger partial charge in [-0.2, -0.15) is 0 Å². The Morgan fingerprint density at radius 2 is 2.17 bits per heavy atom. The minimum absolute atomic E-state index is 0.0162. The molecule has 0 radical (unpaired) electrons. The van der Waals surface area contributed by atoms with Crippen molar-refractivity contribution in [3.05, 3.63) is 35.7 Å². The summed E-state index contributed by atoms with van der Waals surface area (Å²) in [6.07, 6.45) is -3.64. The molecule has 1 fully saturated rings. The second-order valence-corrected chi connectivity index (χ2v) is 4.95. The Labute approximate surface area is 127 Å². The molecule has 1 saturated heterocycles. The average Bonchev–Trinajstić information content (AvgIpc) is 2.80. The van der Waals surface area contributed by atoms with Crippen LogP contribution in [0, 0.1) is 0 Å². The predicted molar refractivity (Wildman–Crippen MR) is 71.2 cm³/mol. The summed E-state index contributed by atoms with van der Waals surface area (Å²) in [5.74, 6) is -1.86. The molecule has 3 rings (SSSR count). The first kappa shape index (κ1) is 15.3. The van der Waals surface area contributed by atoms with Crippen LogP contribution < -0.4 is 4.74 Å². The zero-order valence-corrected chi connectivity index (χ0v) is 11.6. The number of pyridine rings is 1. The Balaban J connectivity index is 2.07. The van der Waals surface area contributed by atoms with Gasteiger partial charge in [0.15, 0.2) is 5.75 Å². The van der Waals surface area contributed by atoms with Crippen molar-refractivity contribution in [2.75, 3.05) is 13.2 Å². The number of hydrogen-bond donors (Lipinski definition) is 2. The number of hydrogen-bond acceptors (Lipinski definition) is 4. The van der Waals surface area contributed by atoms with E-state index < -0.39 is 18.1 Å². The van der Waals surface area contributed by atoms with Crippen LogP contribution in [0.5, 0.6) is 5.75 Å². The maximum absolute atomic E-state index is 12.5. The first-order valence-electron chi connectivity index (χ1n) is 6.60. The number of nitrogens with one attached hydrogen (secondary N) is 1. The fourth-order valence-electron chi connectivity index (χ4n) is 2.25. The third-order valence-corrected chi connectivity index (χ3v) is 3.38. The molecule has 0 amide bonds. The average molecular weight is 328 g/mol. The fraction of sp³-hybridized carbons (Fsp3) is 0.286. The molecule has 0 aromatic carbocycles. The highest BCUT2D eigenvalue weighted by Gasteiger charge is 2.34. The lowest BCUT2D eigenvalue weighted by molar-refractivity contribution is -0.274. The quantitative estimate of drug-likeness (QED) is 0.901. The number of rotatable bonds is 4. The molecular formula is C14H11F3N2O4. The summed E-state index contributed by atoms with van der Waals surface area (Å²) in [6, 6.07) is 3.74. The van der Waals surface area contributed by atoms with Crippen molar-refractivity contribution < 1.29 is 32.5 Å². The number of carboxylic acid groups (broad SMARTS) is 1. The molecule has 2 aromatic rings. The molecule has 0 saturated carbocycles. The number of H-pyrrole nitrogens is 1. The van der Waals surface area contributed by atoms with Crippen molar-refractivity contribution in [3.8, 4) is 17.1 Å². The molecule has 3 heterocycles. The van der Waals surface area contributed by atoms with E-state index in [4.69, 9.17) is 4.74 Å².